The summed E-state index contributed by atoms with van der Waals surface area (Å²) in [7, 11) is 0. The smallest absolute Gasteiger partial charge is 0.311 e. The van der Waals surface area contributed by atoms with E-state index in [9.17, 15) is 18.4 Å². The molecule has 0 aliphatic rings. The molecule has 0 aliphatic carbocycles. The minimum atomic E-state index is -0.774. The van der Waals surface area contributed by atoms with Crippen LogP contribution in [0.3, 0.4) is 0 Å². The normalized spacial score (nSPS) is 10.7. The van der Waals surface area contributed by atoms with E-state index in [0.29, 0.717) is 19.4 Å². The first-order valence-corrected chi connectivity index (χ1v) is 10.8. The molecule has 0 spiro atoms. The Bertz CT molecular complexity index is 584. The van der Waals surface area contributed by atoms with E-state index in [2.05, 4.69) is 6.92 Å². The topological polar surface area (TPSA) is 52.6 Å². The number of halogens is 2. The van der Waals surface area contributed by atoms with Gasteiger partial charge in [-0.3, -0.25) is 9.59 Å². The minimum absolute atomic E-state index is 0.111. The Morgan fingerprint density at radius 1 is 0.724 bits per heavy atom. The largest absolute Gasteiger partial charge is 0.466 e. The van der Waals surface area contributed by atoms with Gasteiger partial charge in [0.1, 0.15) is 17.4 Å². The van der Waals surface area contributed by atoms with E-state index in [4.69, 9.17) is 9.47 Å². The second-order valence-electron chi connectivity index (χ2n) is 7.34. The highest BCUT2D eigenvalue weighted by atomic mass is 19.1. The molecular weight excluding hydrogens is 378 g/mol. The van der Waals surface area contributed by atoms with Crippen LogP contribution in [0.25, 0.3) is 0 Å². The van der Waals surface area contributed by atoms with Gasteiger partial charge in [-0.15, -0.1) is 0 Å². The predicted molar refractivity (Wildman–Crippen MR) is 109 cm³/mol. The fourth-order valence-electron chi connectivity index (χ4n) is 2.98. The van der Waals surface area contributed by atoms with Gasteiger partial charge in [0.05, 0.1) is 6.61 Å². The molecule has 29 heavy (non-hydrogen) atoms. The van der Waals surface area contributed by atoms with E-state index in [1.54, 1.807) is 0 Å². The molecule has 0 fully saturated rings. The number of ether oxygens (including phenoxy) is 2. The Kier molecular flexibility index (Phi) is 13.7. The highest BCUT2D eigenvalue weighted by Crippen LogP contribution is 2.17. The van der Waals surface area contributed by atoms with Crippen LogP contribution in [0, 0.1) is 11.6 Å². The molecule has 6 heteroatoms. The summed E-state index contributed by atoms with van der Waals surface area (Å²) >= 11 is 0. The molecule has 0 saturated carbocycles. The van der Waals surface area contributed by atoms with Crippen molar-refractivity contribution in [2.24, 2.45) is 0 Å². The van der Waals surface area contributed by atoms with Crippen molar-refractivity contribution in [1.82, 2.24) is 0 Å². The zero-order valence-electron chi connectivity index (χ0n) is 17.5. The number of hydrogen-bond acceptors (Lipinski definition) is 4. The van der Waals surface area contributed by atoms with Crippen molar-refractivity contribution in [3.05, 3.63) is 29.8 Å². The average molecular weight is 413 g/mol. The summed E-state index contributed by atoms with van der Waals surface area (Å²) in [6, 6.07) is 2.70. The van der Waals surface area contributed by atoms with Gasteiger partial charge in [0.25, 0.3) is 0 Å². The minimum Gasteiger partial charge on any atom is -0.466 e. The Balaban J connectivity index is 1.94. The first-order valence-electron chi connectivity index (χ1n) is 10.8. The van der Waals surface area contributed by atoms with Crippen LogP contribution in [0.4, 0.5) is 8.78 Å². The number of carbonyl (C=O) groups is 2. The molecule has 0 saturated heterocycles. The third-order valence-electron chi connectivity index (χ3n) is 4.59. The van der Waals surface area contributed by atoms with Gasteiger partial charge in [-0.1, -0.05) is 58.3 Å². The maximum Gasteiger partial charge on any atom is 0.311 e. The zero-order valence-corrected chi connectivity index (χ0v) is 17.5. The Morgan fingerprint density at radius 3 is 1.86 bits per heavy atom. The molecule has 1 rings (SSSR count). The number of rotatable bonds is 16. The molecule has 1 aromatic rings. The van der Waals surface area contributed by atoms with Crippen LogP contribution in [-0.4, -0.2) is 18.5 Å². The summed E-state index contributed by atoms with van der Waals surface area (Å²) in [5, 5.41) is 0. The van der Waals surface area contributed by atoms with E-state index in [0.717, 1.165) is 63.1 Å². The second-order valence-corrected chi connectivity index (χ2v) is 7.34. The van der Waals surface area contributed by atoms with Gasteiger partial charge in [0.15, 0.2) is 0 Å². The molecule has 0 N–H and O–H groups in total. The van der Waals surface area contributed by atoms with Gasteiger partial charge >= 0.3 is 11.9 Å². The van der Waals surface area contributed by atoms with E-state index in [1.807, 2.05) is 0 Å². The molecule has 0 heterocycles. The van der Waals surface area contributed by atoms with Gasteiger partial charge in [-0.25, -0.2) is 8.78 Å². The van der Waals surface area contributed by atoms with Crippen molar-refractivity contribution in [1.29, 1.82) is 0 Å². The summed E-state index contributed by atoms with van der Waals surface area (Å²) in [4.78, 5) is 23.3. The first-order chi connectivity index (χ1) is 14.0. The SMILES string of the molecule is CCCCCCCOC(=O)CCCCCCCCC(=O)Oc1cc(F)cc(F)c1. The van der Waals surface area contributed by atoms with Crippen LogP contribution in [0.1, 0.15) is 90.4 Å². The summed E-state index contributed by atoms with van der Waals surface area (Å²) in [5.74, 6) is -2.27. The summed E-state index contributed by atoms with van der Waals surface area (Å²) < 4.78 is 36.2. The van der Waals surface area contributed by atoms with Crippen molar-refractivity contribution in [2.75, 3.05) is 6.61 Å². The van der Waals surface area contributed by atoms with E-state index < -0.39 is 17.6 Å². The molecule has 0 atom stereocenters. The van der Waals surface area contributed by atoms with Crippen molar-refractivity contribution in [2.45, 2.75) is 90.4 Å². The quantitative estimate of drug-likeness (QED) is 0.177. The Hall–Kier alpha value is -1.98. The number of unbranched alkanes of at least 4 members (excludes halogenated alkanes) is 9. The number of esters is 2. The van der Waals surface area contributed by atoms with Crippen LogP contribution < -0.4 is 4.74 Å². The lowest BCUT2D eigenvalue weighted by Gasteiger charge is -2.06. The molecule has 0 bridgehead atoms. The van der Waals surface area contributed by atoms with Crippen LogP contribution in [0.5, 0.6) is 5.75 Å². The Labute approximate surface area is 173 Å². The standard InChI is InChI=1S/C23H34F2O4/c1-2-3-4-9-12-15-28-22(26)13-10-7-5-6-8-11-14-23(27)29-21-17-19(24)16-20(25)18-21/h16-18H,2-15H2,1H3. The summed E-state index contributed by atoms with van der Waals surface area (Å²) in [6.45, 7) is 2.70. The molecule has 4 nitrogen and oxygen atoms in total. The van der Waals surface area contributed by atoms with Gasteiger partial charge in [0, 0.05) is 31.0 Å². The lowest BCUT2D eigenvalue weighted by Crippen LogP contribution is -2.08. The molecule has 0 aliphatic heterocycles. The van der Waals surface area contributed by atoms with Gasteiger partial charge < -0.3 is 9.47 Å². The number of carbonyl (C=O) groups excluding carboxylic acids is 2. The van der Waals surface area contributed by atoms with E-state index >= 15 is 0 Å². The molecule has 0 radical (unpaired) electrons. The maximum absolute atomic E-state index is 13.0. The van der Waals surface area contributed by atoms with E-state index in [1.165, 1.54) is 19.3 Å². The third kappa shape index (κ3) is 13.8. The van der Waals surface area contributed by atoms with Crippen LogP contribution in [-0.2, 0) is 14.3 Å². The van der Waals surface area contributed by atoms with Crippen molar-refractivity contribution in [3.63, 3.8) is 0 Å². The van der Waals surface area contributed by atoms with Crippen molar-refractivity contribution in [3.8, 4) is 5.75 Å². The summed E-state index contributed by atoms with van der Waals surface area (Å²) in [5.41, 5.74) is 0. The van der Waals surface area contributed by atoms with Gasteiger partial charge in [-0.05, 0) is 19.3 Å². The van der Waals surface area contributed by atoms with Crippen molar-refractivity contribution < 1.29 is 27.8 Å². The zero-order chi connectivity index (χ0) is 21.3. The average Bonchev–Trinajstić information content (AvgIpc) is 2.65. The first kappa shape index (κ1) is 25.1. The fourth-order valence-corrected chi connectivity index (χ4v) is 2.98. The van der Waals surface area contributed by atoms with Gasteiger partial charge in [0.2, 0.25) is 0 Å². The molecule has 0 unspecified atom stereocenters. The third-order valence-corrected chi connectivity index (χ3v) is 4.59. The molecular formula is C23H34F2O4. The van der Waals surface area contributed by atoms with Crippen LogP contribution in [0.15, 0.2) is 18.2 Å². The fraction of sp³-hybridized carbons (Fsp3) is 0.652. The van der Waals surface area contributed by atoms with Gasteiger partial charge in [-0.2, -0.15) is 0 Å². The highest BCUT2D eigenvalue weighted by Gasteiger charge is 2.08. The molecule has 164 valence electrons. The van der Waals surface area contributed by atoms with E-state index in [-0.39, 0.29) is 18.1 Å². The highest BCUT2D eigenvalue weighted by molar-refractivity contribution is 5.72. The number of hydrogen-bond donors (Lipinski definition) is 0. The molecule has 1 aromatic carbocycles. The van der Waals surface area contributed by atoms with Crippen molar-refractivity contribution >= 4 is 11.9 Å². The second kappa shape index (κ2) is 15.9. The monoisotopic (exact) mass is 412 g/mol. The van der Waals surface area contributed by atoms with Crippen LogP contribution >= 0.6 is 0 Å². The lowest BCUT2D eigenvalue weighted by molar-refractivity contribution is -0.144. The summed E-state index contributed by atoms with van der Waals surface area (Å²) in [6.07, 6.45) is 11.7. The predicted octanol–water partition coefficient (Wildman–Crippen LogP) is 6.50. The van der Waals surface area contributed by atoms with Crippen LogP contribution in [0.2, 0.25) is 0 Å². The maximum atomic E-state index is 13.0. The Morgan fingerprint density at radius 2 is 1.24 bits per heavy atom. The number of benzene rings is 1. The lowest BCUT2D eigenvalue weighted by atomic mass is 10.1. The molecule has 0 amide bonds. The molecule has 0 aromatic heterocycles.